The number of likely N-dealkylation sites (N-methyl/N-ethyl adjacent to an activating group) is 1. The quantitative estimate of drug-likeness (QED) is 0.740. The first-order chi connectivity index (χ1) is 13.5. The van der Waals surface area contributed by atoms with Gasteiger partial charge in [0.05, 0.1) is 12.6 Å². The molecule has 1 atom stereocenters. The molecule has 0 saturated carbocycles. The third-order valence-electron chi connectivity index (χ3n) is 5.48. The number of tetrazole rings is 1. The molecule has 0 spiro atoms. The molecule has 3 rings (SSSR count). The van der Waals surface area contributed by atoms with Gasteiger partial charge in [-0.2, -0.15) is 0 Å². The Morgan fingerprint density at radius 3 is 2.71 bits per heavy atom. The second kappa shape index (κ2) is 9.75. The van der Waals surface area contributed by atoms with Crippen LogP contribution in [0.4, 0.5) is 0 Å². The Hall–Kier alpha value is -2.32. The molecule has 0 aliphatic carbocycles. The van der Waals surface area contributed by atoms with Crippen LogP contribution in [0.3, 0.4) is 0 Å². The van der Waals surface area contributed by atoms with Gasteiger partial charge in [-0.05, 0) is 54.3 Å². The fourth-order valence-electron chi connectivity index (χ4n) is 3.41. The van der Waals surface area contributed by atoms with Gasteiger partial charge in [0.1, 0.15) is 6.54 Å². The van der Waals surface area contributed by atoms with Gasteiger partial charge in [-0.25, -0.2) is 4.68 Å². The molecular weight excluding hydrogens is 356 g/mol. The van der Waals surface area contributed by atoms with Crippen LogP contribution >= 0.6 is 0 Å². The third kappa shape index (κ3) is 5.59. The van der Waals surface area contributed by atoms with Crippen molar-refractivity contribution in [3.05, 3.63) is 41.7 Å². The van der Waals surface area contributed by atoms with Crippen molar-refractivity contribution in [2.75, 3.05) is 26.7 Å². The monoisotopic (exact) mass is 386 g/mol. The maximum Gasteiger partial charge on any atom is 0.244 e. The first-order valence-electron chi connectivity index (χ1n) is 9.97. The van der Waals surface area contributed by atoms with Crippen LogP contribution in [0.5, 0.6) is 0 Å². The van der Waals surface area contributed by atoms with E-state index in [1.807, 2.05) is 30.3 Å². The lowest BCUT2D eigenvalue weighted by Crippen LogP contribution is -2.35. The van der Waals surface area contributed by atoms with Crippen LogP contribution in [0, 0.1) is 5.92 Å². The predicted molar refractivity (Wildman–Crippen MR) is 105 cm³/mol. The summed E-state index contributed by atoms with van der Waals surface area (Å²) in [5.74, 6) is 1.43. The number of likely N-dealkylation sites (tertiary alicyclic amines) is 1. The van der Waals surface area contributed by atoms with Crippen LogP contribution in [-0.4, -0.2) is 67.7 Å². The van der Waals surface area contributed by atoms with E-state index in [1.54, 1.807) is 16.6 Å². The molecule has 8 heteroatoms. The maximum absolute atomic E-state index is 12.6. The molecule has 2 heterocycles. The average molecular weight is 387 g/mol. The molecule has 1 aliphatic heterocycles. The summed E-state index contributed by atoms with van der Waals surface area (Å²) < 4.78 is 1.59. The molecule has 8 nitrogen and oxygen atoms in total. The lowest BCUT2D eigenvalue weighted by Gasteiger charge is -2.29. The highest BCUT2D eigenvalue weighted by Gasteiger charge is 2.20. The summed E-state index contributed by atoms with van der Waals surface area (Å²) in [5.41, 5.74) is 0.863. The molecule has 2 aromatic rings. The highest BCUT2D eigenvalue weighted by atomic mass is 16.3. The van der Waals surface area contributed by atoms with Crippen molar-refractivity contribution in [3.8, 4) is 0 Å². The van der Waals surface area contributed by atoms with Crippen molar-refractivity contribution in [2.24, 2.45) is 5.92 Å². The van der Waals surface area contributed by atoms with E-state index in [2.05, 4.69) is 27.3 Å². The molecule has 28 heavy (non-hydrogen) atoms. The van der Waals surface area contributed by atoms with Crippen LogP contribution in [0.1, 0.15) is 43.7 Å². The molecule has 1 aromatic heterocycles. The molecule has 152 valence electrons. The Morgan fingerprint density at radius 2 is 2.00 bits per heavy atom. The van der Waals surface area contributed by atoms with Gasteiger partial charge >= 0.3 is 0 Å². The van der Waals surface area contributed by atoms with Crippen LogP contribution in [-0.2, 0) is 17.9 Å². The molecule has 1 amide bonds. The second-order valence-corrected chi connectivity index (χ2v) is 7.74. The number of piperidine rings is 1. The van der Waals surface area contributed by atoms with Crippen molar-refractivity contribution in [1.82, 2.24) is 30.0 Å². The van der Waals surface area contributed by atoms with Gasteiger partial charge in [-0.3, -0.25) is 9.69 Å². The van der Waals surface area contributed by atoms with E-state index in [9.17, 15) is 9.90 Å². The largest absolute Gasteiger partial charge is 0.388 e. The van der Waals surface area contributed by atoms with Gasteiger partial charge < -0.3 is 10.0 Å². The number of amides is 1. The molecule has 1 aromatic carbocycles. The lowest BCUT2D eigenvalue weighted by atomic mass is 9.99. The average Bonchev–Trinajstić information content (AvgIpc) is 3.14. The number of benzene rings is 1. The van der Waals surface area contributed by atoms with Gasteiger partial charge in [0.15, 0.2) is 5.82 Å². The van der Waals surface area contributed by atoms with Gasteiger partial charge in [-0.15, -0.1) is 5.10 Å². The zero-order valence-corrected chi connectivity index (χ0v) is 16.7. The Morgan fingerprint density at radius 1 is 1.29 bits per heavy atom. The number of hydrogen-bond acceptors (Lipinski definition) is 6. The number of carbonyl (C=O) groups excluding carboxylic acids is 1. The minimum absolute atomic E-state index is 0.0684. The minimum Gasteiger partial charge on any atom is -0.388 e. The standard InChI is InChI=1S/C20H30N6O2/c1-16-8-12-25(13-9-16)14-19-21-22-23-26(19)15-20(28)24(2)11-10-18(27)17-6-4-3-5-7-17/h3-7,16,18,27H,8-15H2,1-2H3/t18-/m0/s1. The van der Waals surface area contributed by atoms with Crippen molar-refractivity contribution in [2.45, 2.75) is 45.4 Å². The zero-order chi connectivity index (χ0) is 19.9. The molecule has 0 radical (unpaired) electrons. The molecule has 1 aliphatic rings. The van der Waals surface area contributed by atoms with E-state index in [0.29, 0.717) is 19.5 Å². The van der Waals surface area contributed by atoms with E-state index in [-0.39, 0.29) is 12.5 Å². The number of aliphatic hydroxyl groups is 1. The summed E-state index contributed by atoms with van der Waals surface area (Å²) in [7, 11) is 1.75. The van der Waals surface area contributed by atoms with E-state index in [1.165, 1.54) is 12.8 Å². The summed E-state index contributed by atoms with van der Waals surface area (Å²) in [4.78, 5) is 16.5. The van der Waals surface area contributed by atoms with E-state index < -0.39 is 6.10 Å². The fraction of sp³-hybridized carbons (Fsp3) is 0.600. The Bertz CT molecular complexity index is 742. The zero-order valence-electron chi connectivity index (χ0n) is 16.7. The minimum atomic E-state index is -0.582. The molecule has 1 fully saturated rings. The highest BCUT2D eigenvalue weighted by Crippen LogP contribution is 2.18. The van der Waals surface area contributed by atoms with Crippen LogP contribution < -0.4 is 0 Å². The smallest absolute Gasteiger partial charge is 0.244 e. The summed E-state index contributed by atoms with van der Waals surface area (Å²) in [6.45, 7) is 5.62. The molecule has 1 N–H and O–H groups in total. The van der Waals surface area contributed by atoms with Gasteiger partial charge in [0.2, 0.25) is 5.91 Å². The number of aliphatic hydroxyl groups excluding tert-OH is 1. The van der Waals surface area contributed by atoms with Crippen LogP contribution in [0.2, 0.25) is 0 Å². The number of nitrogens with zero attached hydrogens (tertiary/aromatic N) is 6. The van der Waals surface area contributed by atoms with E-state index in [4.69, 9.17) is 0 Å². The van der Waals surface area contributed by atoms with Gasteiger partial charge in [-0.1, -0.05) is 37.3 Å². The maximum atomic E-state index is 12.6. The third-order valence-corrected chi connectivity index (χ3v) is 5.48. The number of aromatic nitrogens is 4. The number of carbonyl (C=O) groups is 1. The normalized spacial score (nSPS) is 16.8. The number of hydrogen-bond donors (Lipinski definition) is 1. The van der Waals surface area contributed by atoms with Crippen molar-refractivity contribution in [1.29, 1.82) is 0 Å². The summed E-state index contributed by atoms with van der Waals surface area (Å²) in [6.07, 6.45) is 2.28. The van der Waals surface area contributed by atoms with E-state index >= 15 is 0 Å². The Kier molecular flexibility index (Phi) is 7.11. The summed E-state index contributed by atoms with van der Waals surface area (Å²) >= 11 is 0. The highest BCUT2D eigenvalue weighted by molar-refractivity contribution is 5.75. The Balaban J connectivity index is 1.48. The van der Waals surface area contributed by atoms with Crippen molar-refractivity contribution >= 4 is 5.91 Å². The molecular formula is C20H30N6O2. The second-order valence-electron chi connectivity index (χ2n) is 7.74. The summed E-state index contributed by atoms with van der Waals surface area (Å²) in [5, 5.41) is 22.1. The summed E-state index contributed by atoms with van der Waals surface area (Å²) in [6, 6.07) is 9.49. The lowest BCUT2D eigenvalue weighted by molar-refractivity contribution is -0.131. The van der Waals surface area contributed by atoms with Gasteiger partial charge in [0, 0.05) is 13.6 Å². The van der Waals surface area contributed by atoms with Crippen LogP contribution in [0.15, 0.2) is 30.3 Å². The van der Waals surface area contributed by atoms with E-state index in [0.717, 1.165) is 30.4 Å². The SMILES string of the molecule is CC1CCN(Cc2nnnn2CC(=O)N(C)CC[C@H](O)c2ccccc2)CC1. The first kappa shape index (κ1) is 20.4. The predicted octanol–water partition coefficient (Wildman–Crippen LogP) is 1.49. The Labute approximate surface area is 166 Å². The van der Waals surface area contributed by atoms with Gasteiger partial charge in [0.25, 0.3) is 0 Å². The number of rotatable bonds is 8. The molecule has 1 saturated heterocycles. The van der Waals surface area contributed by atoms with Crippen LogP contribution in [0.25, 0.3) is 0 Å². The van der Waals surface area contributed by atoms with Crippen molar-refractivity contribution in [3.63, 3.8) is 0 Å². The van der Waals surface area contributed by atoms with Crippen molar-refractivity contribution < 1.29 is 9.90 Å². The fourth-order valence-corrected chi connectivity index (χ4v) is 3.41. The molecule has 0 unspecified atom stereocenters. The first-order valence-corrected chi connectivity index (χ1v) is 9.97. The topological polar surface area (TPSA) is 87.4 Å². The molecule has 0 bridgehead atoms.